The highest BCUT2D eigenvalue weighted by atomic mass is 19.4. The lowest BCUT2D eigenvalue weighted by Crippen LogP contribution is -2.52. The van der Waals surface area contributed by atoms with E-state index in [0.29, 0.717) is 24.9 Å². The number of carbonyl (C=O) groups is 2. The van der Waals surface area contributed by atoms with Gasteiger partial charge in [0, 0.05) is 13.1 Å². The van der Waals surface area contributed by atoms with E-state index in [1.54, 1.807) is 0 Å². The molecule has 1 atom stereocenters. The quantitative estimate of drug-likeness (QED) is 0.874. The Morgan fingerprint density at radius 3 is 2.78 bits per heavy atom. The third-order valence-electron chi connectivity index (χ3n) is 3.64. The largest absolute Gasteiger partial charge is 0.416 e. The Morgan fingerprint density at radius 2 is 2.13 bits per heavy atom. The molecule has 1 saturated heterocycles. The van der Waals surface area contributed by atoms with Gasteiger partial charge in [0.15, 0.2) is 0 Å². The highest BCUT2D eigenvalue weighted by Crippen LogP contribution is 2.30. The summed E-state index contributed by atoms with van der Waals surface area (Å²) >= 11 is 0. The molecule has 0 bridgehead atoms. The predicted molar refractivity (Wildman–Crippen MR) is 75.1 cm³/mol. The summed E-state index contributed by atoms with van der Waals surface area (Å²) in [4.78, 5) is 24.9. The summed E-state index contributed by atoms with van der Waals surface area (Å²) in [7, 11) is 0. The van der Waals surface area contributed by atoms with Crippen LogP contribution in [0.5, 0.6) is 0 Å². The fourth-order valence-corrected chi connectivity index (χ4v) is 2.54. The van der Waals surface area contributed by atoms with Crippen LogP contribution in [0.15, 0.2) is 24.3 Å². The molecule has 1 aromatic carbocycles. The van der Waals surface area contributed by atoms with Crippen molar-refractivity contribution in [3.63, 3.8) is 0 Å². The van der Waals surface area contributed by atoms with Gasteiger partial charge in [-0.1, -0.05) is 12.1 Å². The maximum absolute atomic E-state index is 12.7. The van der Waals surface area contributed by atoms with E-state index >= 15 is 0 Å². The zero-order chi connectivity index (χ0) is 17.0. The van der Waals surface area contributed by atoms with E-state index in [1.165, 1.54) is 17.0 Å². The first-order valence-electron chi connectivity index (χ1n) is 7.16. The van der Waals surface area contributed by atoms with Crippen LogP contribution in [0.4, 0.5) is 13.2 Å². The van der Waals surface area contributed by atoms with Crippen molar-refractivity contribution in [3.05, 3.63) is 35.4 Å². The molecule has 1 unspecified atom stereocenters. The smallest absolute Gasteiger partial charge is 0.387 e. The van der Waals surface area contributed by atoms with Gasteiger partial charge in [-0.25, -0.2) is 0 Å². The van der Waals surface area contributed by atoms with E-state index in [9.17, 15) is 22.8 Å². The Balaban J connectivity index is 2.07. The number of hydrogen-bond donors (Lipinski definition) is 2. The van der Waals surface area contributed by atoms with Crippen LogP contribution in [0.1, 0.15) is 24.0 Å². The average Bonchev–Trinajstić information content (AvgIpc) is 2.50. The van der Waals surface area contributed by atoms with Gasteiger partial charge in [-0.15, -0.1) is 0 Å². The molecule has 126 valence electrons. The second-order valence-corrected chi connectivity index (χ2v) is 5.38. The van der Waals surface area contributed by atoms with Crippen LogP contribution in [0.25, 0.3) is 0 Å². The van der Waals surface area contributed by atoms with Crippen LogP contribution in [0, 0.1) is 0 Å². The Kier molecular flexibility index (Phi) is 5.25. The number of rotatable bonds is 4. The highest BCUT2D eigenvalue weighted by molar-refractivity contribution is 5.88. The molecular formula is C15H17F3N2O3. The van der Waals surface area contributed by atoms with Crippen LogP contribution in [0.3, 0.4) is 0 Å². The Hall–Kier alpha value is -2.09. The van der Waals surface area contributed by atoms with Crippen molar-refractivity contribution >= 4 is 11.8 Å². The Morgan fingerprint density at radius 1 is 1.39 bits per heavy atom. The lowest BCUT2D eigenvalue weighted by Gasteiger charge is -2.32. The van der Waals surface area contributed by atoms with Crippen LogP contribution < -0.4 is 5.32 Å². The zero-order valence-corrected chi connectivity index (χ0v) is 12.3. The molecule has 2 N–H and O–H groups in total. The fraction of sp³-hybridized carbons (Fsp3) is 0.467. The summed E-state index contributed by atoms with van der Waals surface area (Å²) in [6.07, 6.45) is -3.36. The first-order chi connectivity index (χ1) is 10.8. The second kappa shape index (κ2) is 6.99. The standard InChI is InChI=1S/C15H17F3N2O3/c16-15(17,18)11-4-1-3-10(7-11)8-20-6-2-5-12(14(20)23)19-13(22)9-21/h1,3-4,7,12,21H,2,5-6,8-9H2,(H,19,22). The molecule has 0 saturated carbocycles. The molecule has 0 radical (unpaired) electrons. The average molecular weight is 330 g/mol. The number of benzene rings is 1. The van der Waals surface area contributed by atoms with Gasteiger partial charge in [0.1, 0.15) is 12.6 Å². The van der Waals surface area contributed by atoms with Crippen molar-refractivity contribution in [1.29, 1.82) is 0 Å². The molecule has 0 aliphatic carbocycles. The highest BCUT2D eigenvalue weighted by Gasteiger charge is 2.32. The summed E-state index contributed by atoms with van der Waals surface area (Å²) in [6, 6.07) is 4.08. The molecule has 1 heterocycles. The third kappa shape index (κ3) is 4.44. The number of nitrogens with one attached hydrogen (secondary N) is 1. The van der Waals surface area contributed by atoms with Crippen molar-refractivity contribution in [2.75, 3.05) is 13.2 Å². The molecule has 0 spiro atoms. The van der Waals surface area contributed by atoms with Gasteiger partial charge in [-0.2, -0.15) is 13.2 Å². The molecule has 23 heavy (non-hydrogen) atoms. The number of carbonyl (C=O) groups excluding carboxylic acids is 2. The first kappa shape index (κ1) is 17.3. The number of alkyl halides is 3. The normalized spacial score (nSPS) is 18.9. The number of likely N-dealkylation sites (tertiary alicyclic amines) is 1. The lowest BCUT2D eigenvalue weighted by atomic mass is 10.0. The third-order valence-corrected chi connectivity index (χ3v) is 3.64. The van der Waals surface area contributed by atoms with E-state index in [1.807, 2.05) is 0 Å². The summed E-state index contributed by atoms with van der Waals surface area (Å²) in [5, 5.41) is 11.1. The summed E-state index contributed by atoms with van der Waals surface area (Å²) in [6.45, 7) is -0.244. The van der Waals surface area contributed by atoms with Crippen molar-refractivity contribution in [3.8, 4) is 0 Å². The molecule has 5 nitrogen and oxygen atoms in total. The molecule has 8 heteroatoms. The number of hydrogen-bond acceptors (Lipinski definition) is 3. The molecule has 1 aliphatic rings. The van der Waals surface area contributed by atoms with Crippen LogP contribution >= 0.6 is 0 Å². The molecule has 1 aromatic rings. The predicted octanol–water partition coefficient (Wildman–Crippen LogP) is 1.30. The van der Waals surface area contributed by atoms with Crippen LogP contribution in [0.2, 0.25) is 0 Å². The molecule has 1 aliphatic heterocycles. The van der Waals surface area contributed by atoms with Gasteiger partial charge < -0.3 is 15.3 Å². The number of nitrogens with zero attached hydrogens (tertiary/aromatic N) is 1. The van der Waals surface area contributed by atoms with E-state index in [0.717, 1.165) is 12.1 Å². The van der Waals surface area contributed by atoms with Gasteiger partial charge in [0.2, 0.25) is 11.8 Å². The molecule has 1 fully saturated rings. The topological polar surface area (TPSA) is 69.6 Å². The number of aliphatic hydroxyl groups excluding tert-OH is 1. The van der Waals surface area contributed by atoms with Gasteiger partial charge in [0.05, 0.1) is 5.56 Å². The van der Waals surface area contributed by atoms with Crippen LogP contribution in [-0.2, 0) is 22.3 Å². The van der Waals surface area contributed by atoms with Gasteiger partial charge in [-0.05, 0) is 30.5 Å². The number of piperidine rings is 1. The Bertz CT molecular complexity index is 590. The maximum Gasteiger partial charge on any atom is 0.416 e. The van der Waals surface area contributed by atoms with Gasteiger partial charge in [0.25, 0.3) is 0 Å². The number of halogens is 3. The van der Waals surface area contributed by atoms with E-state index < -0.39 is 30.3 Å². The molecule has 2 amide bonds. The molecule has 2 rings (SSSR count). The maximum atomic E-state index is 12.7. The van der Waals surface area contributed by atoms with E-state index in [-0.39, 0.29) is 12.5 Å². The fourth-order valence-electron chi connectivity index (χ4n) is 2.54. The van der Waals surface area contributed by atoms with Crippen LogP contribution in [-0.4, -0.2) is 41.0 Å². The van der Waals surface area contributed by atoms with E-state index in [4.69, 9.17) is 5.11 Å². The molecular weight excluding hydrogens is 313 g/mol. The number of aliphatic hydroxyl groups is 1. The van der Waals surface area contributed by atoms with Crippen molar-refractivity contribution in [2.24, 2.45) is 0 Å². The Labute approximate surface area is 131 Å². The zero-order valence-electron chi connectivity index (χ0n) is 12.3. The van der Waals surface area contributed by atoms with Gasteiger partial charge in [-0.3, -0.25) is 9.59 Å². The summed E-state index contributed by atoms with van der Waals surface area (Å²) in [5.41, 5.74) is -0.382. The minimum Gasteiger partial charge on any atom is -0.387 e. The van der Waals surface area contributed by atoms with Crippen molar-refractivity contribution < 1.29 is 27.9 Å². The number of amides is 2. The van der Waals surface area contributed by atoms with Crippen molar-refractivity contribution in [1.82, 2.24) is 10.2 Å². The summed E-state index contributed by atoms with van der Waals surface area (Å²) < 4.78 is 38.1. The van der Waals surface area contributed by atoms with Crippen molar-refractivity contribution in [2.45, 2.75) is 31.6 Å². The minimum atomic E-state index is -4.43. The second-order valence-electron chi connectivity index (χ2n) is 5.38. The molecule has 0 aromatic heterocycles. The summed E-state index contributed by atoms with van der Waals surface area (Å²) in [5.74, 6) is -1.00. The van der Waals surface area contributed by atoms with Gasteiger partial charge >= 0.3 is 6.18 Å². The SMILES string of the molecule is O=C(CO)NC1CCCN(Cc2cccc(C(F)(F)F)c2)C1=O. The monoisotopic (exact) mass is 330 g/mol. The van der Waals surface area contributed by atoms with E-state index in [2.05, 4.69) is 5.32 Å². The lowest BCUT2D eigenvalue weighted by molar-refractivity contribution is -0.140. The first-order valence-corrected chi connectivity index (χ1v) is 7.16. The minimum absolute atomic E-state index is 0.0499.